The normalized spacial score (nSPS) is 10.7. The lowest BCUT2D eigenvalue weighted by Crippen LogP contribution is -1.97. The molecule has 0 bridgehead atoms. The second-order valence-electron chi connectivity index (χ2n) is 2.06. The molecule has 0 radical (unpaired) electrons. The van der Waals surface area contributed by atoms with Gasteiger partial charge >= 0.3 is 0 Å². The minimum absolute atomic E-state index is 0.0602. The summed E-state index contributed by atoms with van der Waals surface area (Å²) in [6.07, 6.45) is -2.83. The standard InChI is InChI=1S/C6H5BrF2N2O/c7-2-1-3(10)11-4(5(2)12)6(8)9/h1,6,12H,(H2,10,11). The minimum Gasteiger partial charge on any atom is -0.505 e. The van der Waals surface area contributed by atoms with Gasteiger partial charge in [-0.05, 0) is 22.0 Å². The largest absolute Gasteiger partial charge is 0.505 e. The average Bonchev–Trinajstić information content (AvgIpc) is 1.96. The predicted molar refractivity (Wildman–Crippen MR) is 43.0 cm³/mol. The van der Waals surface area contributed by atoms with Crippen LogP contribution < -0.4 is 5.73 Å². The van der Waals surface area contributed by atoms with Gasteiger partial charge < -0.3 is 10.8 Å². The van der Waals surface area contributed by atoms with Gasteiger partial charge in [-0.1, -0.05) is 0 Å². The molecule has 1 aromatic rings. The number of anilines is 1. The number of pyridine rings is 1. The zero-order valence-electron chi connectivity index (χ0n) is 5.76. The fourth-order valence-corrected chi connectivity index (χ4v) is 1.13. The van der Waals surface area contributed by atoms with Gasteiger partial charge in [0.25, 0.3) is 6.43 Å². The summed E-state index contributed by atoms with van der Waals surface area (Å²) in [5, 5.41) is 9.05. The highest BCUT2D eigenvalue weighted by Crippen LogP contribution is 2.33. The van der Waals surface area contributed by atoms with Gasteiger partial charge in [-0.15, -0.1) is 0 Å². The van der Waals surface area contributed by atoms with E-state index in [2.05, 4.69) is 20.9 Å². The van der Waals surface area contributed by atoms with Gasteiger partial charge in [-0.25, -0.2) is 13.8 Å². The number of halogens is 3. The molecule has 0 saturated carbocycles. The Bertz CT molecular complexity index is 306. The van der Waals surface area contributed by atoms with Crippen molar-refractivity contribution in [2.75, 3.05) is 5.73 Å². The van der Waals surface area contributed by atoms with Crippen LogP contribution in [0.1, 0.15) is 12.1 Å². The van der Waals surface area contributed by atoms with Crippen LogP contribution in [0, 0.1) is 0 Å². The molecule has 0 aliphatic carbocycles. The molecule has 12 heavy (non-hydrogen) atoms. The van der Waals surface area contributed by atoms with Crippen LogP contribution in [0.15, 0.2) is 10.5 Å². The van der Waals surface area contributed by atoms with Crippen molar-refractivity contribution in [1.82, 2.24) is 4.98 Å². The van der Waals surface area contributed by atoms with Crippen LogP contribution in [0.25, 0.3) is 0 Å². The number of hydrogen-bond acceptors (Lipinski definition) is 3. The Hall–Kier alpha value is -0.910. The molecule has 0 saturated heterocycles. The molecular weight excluding hydrogens is 234 g/mol. The van der Waals surface area contributed by atoms with E-state index in [0.29, 0.717) is 0 Å². The summed E-state index contributed by atoms with van der Waals surface area (Å²) in [5.74, 6) is -0.630. The van der Waals surface area contributed by atoms with Crippen molar-refractivity contribution in [3.63, 3.8) is 0 Å². The number of aromatic nitrogens is 1. The van der Waals surface area contributed by atoms with E-state index in [4.69, 9.17) is 10.8 Å². The van der Waals surface area contributed by atoms with E-state index in [1.807, 2.05) is 0 Å². The van der Waals surface area contributed by atoms with Crippen molar-refractivity contribution in [3.8, 4) is 5.75 Å². The van der Waals surface area contributed by atoms with E-state index in [1.165, 1.54) is 6.07 Å². The summed E-state index contributed by atoms with van der Waals surface area (Å²) in [4.78, 5) is 3.28. The third kappa shape index (κ3) is 1.63. The van der Waals surface area contributed by atoms with Crippen molar-refractivity contribution in [2.24, 2.45) is 0 Å². The highest BCUT2D eigenvalue weighted by Gasteiger charge is 2.17. The number of aromatic hydroxyl groups is 1. The number of rotatable bonds is 1. The molecule has 3 nitrogen and oxygen atoms in total. The van der Waals surface area contributed by atoms with E-state index in [9.17, 15) is 8.78 Å². The topological polar surface area (TPSA) is 59.1 Å². The fraction of sp³-hybridized carbons (Fsp3) is 0.167. The molecule has 6 heteroatoms. The van der Waals surface area contributed by atoms with Crippen molar-refractivity contribution in [1.29, 1.82) is 0 Å². The van der Waals surface area contributed by atoms with Crippen molar-refractivity contribution < 1.29 is 13.9 Å². The maximum atomic E-state index is 12.1. The molecule has 0 aromatic carbocycles. The summed E-state index contributed by atoms with van der Waals surface area (Å²) in [6.45, 7) is 0. The lowest BCUT2D eigenvalue weighted by molar-refractivity contribution is 0.142. The third-order valence-corrected chi connectivity index (χ3v) is 1.80. The van der Waals surface area contributed by atoms with E-state index in [0.717, 1.165) is 0 Å². The predicted octanol–water partition coefficient (Wildman–Crippen LogP) is 2.07. The minimum atomic E-state index is -2.83. The second-order valence-corrected chi connectivity index (χ2v) is 2.92. The van der Waals surface area contributed by atoms with Crippen molar-refractivity contribution >= 4 is 21.7 Å². The van der Waals surface area contributed by atoms with Crippen LogP contribution >= 0.6 is 15.9 Å². The van der Waals surface area contributed by atoms with Crippen LogP contribution in [-0.4, -0.2) is 10.1 Å². The van der Waals surface area contributed by atoms with E-state index in [1.54, 1.807) is 0 Å². The van der Waals surface area contributed by atoms with Crippen LogP contribution in [-0.2, 0) is 0 Å². The Labute approximate surface area is 75.3 Å². The first-order chi connectivity index (χ1) is 5.52. The van der Waals surface area contributed by atoms with E-state index >= 15 is 0 Å². The number of hydrogen-bond donors (Lipinski definition) is 2. The molecule has 0 atom stereocenters. The first-order valence-corrected chi connectivity index (χ1v) is 3.74. The Kier molecular flexibility index (Phi) is 2.46. The second kappa shape index (κ2) is 3.22. The number of nitrogens with two attached hydrogens (primary N) is 1. The average molecular weight is 239 g/mol. The molecule has 1 heterocycles. The smallest absolute Gasteiger partial charge is 0.284 e. The van der Waals surface area contributed by atoms with Gasteiger partial charge in [0.2, 0.25) is 0 Å². The first kappa shape index (κ1) is 9.18. The van der Waals surface area contributed by atoms with Gasteiger partial charge in [0.15, 0.2) is 11.4 Å². The molecular formula is C6H5BrF2N2O. The van der Waals surface area contributed by atoms with Gasteiger partial charge in [-0.3, -0.25) is 0 Å². The van der Waals surface area contributed by atoms with Crippen LogP contribution in [0.4, 0.5) is 14.6 Å². The summed E-state index contributed by atoms with van der Waals surface area (Å²) in [5.41, 5.74) is 4.47. The lowest BCUT2D eigenvalue weighted by atomic mass is 10.3. The zero-order chi connectivity index (χ0) is 9.30. The lowest BCUT2D eigenvalue weighted by Gasteiger charge is -2.04. The summed E-state index contributed by atoms with van der Waals surface area (Å²) >= 11 is 2.86. The summed E-state index contributed by atoms with van der Waals surface area (Å²) in [6, 6.07) is 1.25. The summed E-state index contributed by atoms with van der Waals surface area (Å²) in [7, 11) is 0. The zero-order valence-corrected chi connectivity index (χ0v) is 7.35. The van der Waals surface area contributed by atoms with Gasteiger partial charge in [0.05, 0.1) is 4.47 Å². The SMILES string of the molecule is Nc1cc(Br)c(O)c(C(F)F)n1. The maximum Gasteiger partial charge on any atom is 0.284 e. The Morgan fingerprint density at radius 2 is 2.17 bits per heavy atom. The Balaban J connectivity index is 3.28. The molecule has 1 aromatic heterocycles. The molecule has 66 valence electrons. The number of nitrogen functional groups attached to an aromatic ring is 1. The van der Waals surface area contributed by atoms with Crippen molar-refractivity contribution in [3.05, 3.63) is 16.2 Å². The number of nitrogens with zero attached hydrogens (tertiary/aromatic N) is 1. The molecule has 0 unspecified atom stereocenters. The van der Waals surface area contributed by atoms with Gasteiger partial charge in [0, 0.05) is 0 Å². The molecule has 1 rings (SSSR count). The van der Waals surface area contributed by atoms with E-state index < -0.39 is 17.9 Å². The van der Waals surface area contributed by atoms with Crippen LogP contribution in [0.2, 0.25) is 0 Å². The van der Waals surface area contributed by atoms with E-state index in [-0.39, 0.29) is 10.3 Å². The number of alkyl halides is 2. The van der Waals surface area contributed by atoms with Crippen LogP contribution in [0.5, 0.6) is 5.75 Å². The van der Waals surface area contributed by atoms with Gasteiger partial charge in [0.1, 0.15) is 5.82 Å². The molecule has 0 spiro atoms. The monoisotopic (exact) mass is 238 g/mol. The quantitative estimate of drug-likeness (QED) is 0.788. The molecule has 0 amide bonds. The molecule has 3 N–H and O–H groups in total. The Morgan fingerprint density at radius 3 is 2.67 bits per heavy atom. The molecule has 0 fully saturated rings. The third-order valence-electron chi connectivity index (χ3n) is 1.20. The summed E-state index contributed by atoms with van der Waals surface area (Å²) < 4.78 is 24.3. The highest BCUT2D eigenvalue weighted by atomic mass is 79.9. The van der Waals surface area contributed by atoms with Crippen molar-refractivity contribution in [2.45, 2.75) is 6.43 Å². The fourth-order valence-electron chi connectivity index (χ4n) is 0.697. The Morgan fingerprint density at radius 1 is 1.58 bits per heavy atom. The van der Waals surface area contributed by atoms with Crippen LogP contribution in [0.3, 0.4) is 0 Å². The highest BCUT2D eigenvalue weighted by molar-refractivity contribution is 9.10. The van der Waals surface area contributed by atoms with Gasteiger partial charge in [-0.2, -0.15) is 0 Å². The maximum absolute atomic E-state index is 12.1. The molecule has 0 aliphatic heterocycles. The molecule has 0 aliphatic rings. The first-order valence-electron chi connectivity index (χ1n) is 2.95.